The van der Waals surface area contributed by atoms with Crippen molar-refractivity contribution < 1.29 is 9.53 Å². The summed E-state index contributed by atoms with van der Waals surface area (Å²) in [5, 5.41) is 1.01. The second-order valence-electron chi connectivity index (χ2n) is 10.2. The molecule has 0 bridgehead atoms. The Bertz CT molecular complexity index is 1600. The predicted octanol–water partition coefficient (Wildman–Crippen LogP) is 8.42. The molecule has 1 aliphatic carbocycles. The Morgan fingerprint density at radius 2 is 1.55 bits per heavy atom. The van der Waals surface area contributed by atoms with E-state index in [4.69, 9.17) is 9.72 Å². The van der Waals surface area contributed by atoms with Gasteiger partial charge < -0.3 is 4.74 Å². The van der Waals surface area contributed by atoms with Gasteiger partial charge in [0, 0.05) is 29.5 Å². The molecule has 0 radical (unpaired) electrons. The fraction of sp³-hybridized carbons (Fsp3) is 0.200. The van der Waals surface area contributed by atoms with Crippen LogP contribution in [0.4, 0.5) is 0 Å². The number of para-hydroxylation sites is 1. The molecule has 5 aromatic rings. The molecule has 1 unspecified atom stereocenters. The molecule has 0 spiro atoms. The molecule has 0 N–H and O–H groups in total. The Labute approximate surface area is 240 Å². The Morgan fingerprint density at radius 1 is 0.875 bits per heavy atom. The molecule has 4 aromatic carbocycles. The van der Waals surface area contributed by atoms with Crippen LogP contribution in [0.2, 0.25) is 0 Å². The van der Waals surface area contributed by atoms with Gasteiger partial charge in [0.15, 0.2) is 5.16 Å². The first-order valence-electron chi connectivity index (χ1n) is 13.9. The van der Waals surface area contributed by atoms with E-state index in [1.54, 1.807) is 0 Å². The van der Waals surface area contributed by atoms with Gasteiger partial charge in [0.25, 0.3) is 0 Å². The maximum Gasteiger partial charge on any atom is 0.308 e. The van der Waals surface area contributed by atoms with E-state index in [-0.39, 0.29) is 5.97 Å². The molecule has 1 atom stereocenters. The van der Waals surface area contributed by atoms with E-state index in [0.29, 0.717) is 5.92 Å². The number of ether oxygens (including phenoxy) is 1. The highest BCUT2D eigenvalue weighted by atomic mass is 32.2. The molecule has 1 heterocycles. The third-order valence-electron chi connectivity index (χ3n) is 7.51. The minimum Gasteiger partial charge on any atom is -0.426 e. The molecule has 0 saturated heterocycles. The predicted molar refractivity (Wildman–Crippen MR) is 163 cm³/mol. The molecule has 0 aliphatic heterocycles. The lowest BCUT2D eigenvalue weighted by molar-refractivity contribution is -0.131. The summed E-state index contributed by atoms with van der Waals surface area (Å²) in [5.74, 6) is 2.04. The molecule has 0 fully saturated rings. The molecular weight excluding hydrogens is 512 g/mol. The molecule has 0 amide bonds. The zero-order valence-corrected chi connectivity index (χ0v) is 23.4. The van der Waals surface area contributed by atoms with E-state index in [2.05, 4.69) is 95.6 Å². The number of esters is 1. The number of imidazole rings is 1. The highest BCUT2D eigenvalue weighted by molar-refractivity contribution is 7.99. The zero-order valence-electron chi connectivity index (χ0n) is 22.6. The summed E-state index contributed by atoms with van der Waals surface area (Å²) >= 11 is 1.84. The lowest BCUT2D eigenvalue weighted by Gasteiger charge is -2.25. The van der Waals surface area contributed by atoms with Crippen molar-refractivity contribution in [3.63, 3.8) is 0 Å². The van der Waals surface area contributed by atoms with Gasteiger partial charge in [-0.15, -0.1) is 0 Å². The highest BCUT2D eigenvalue weighted by Gasteiger charge is 2.24. The van der Waals surface area contributed by atoms with Crippen molar-refractivity contribution in [2.75, 3.05) is 5.75 Å². The van der Waals surface area contributed by atoms with Crippen molar-refractivity contribution in [1.82, 2.24) is 9.55 Å². The van der Waals surface area contributed by atoms with Crippen LogP contribution in [0, 0.1) is 5.92 Å². The van der Waals surface area contributed by atoms with E-state index < -0.39 is 0 Å². The minimum absolute atomic E-state index is 0.259. The lowest BCUT2D eigenvalue weighted by Crippen LogP contribution is -2.17. The number of thioether (sulfide) groups is 1. The van der Waals surface area contributed by atoms with Crippen molar-refractivity contribution in [2.45, 2.75) is 37.8 Å². The molecule has 1 aromatic heterocycles. The summed E-state index contributed by atoms with van der Waals surface area (Å²) in [5.41, 5.74) is 8.00. The van der Waals surface area contributed by atoms with Crippen LogP contribution in [0.5, 0.6) is 5.75 Å². The van der Waals surface area contributed by atoms with Crippen LogP contribution in [0.1, 0.15) is 30.9 Å². The van der Waals surface area contributed by atoms with E-state index in [1.807, 2.05) is 30.0 Å². The van der Waals surface area contributed by atoms with E-state index >= 15 is 0 Å². The van der Waals surface area contributed by atoms with Crippen molar-refractivity contribution in [3.05, 3.63) is 120 Å². The number of nitrogens with zero attached hydrogens (tertiary/aromatic N) is 2. The van der Waals surface area contributed by atoms with Gasteiger partial charge >= 0.3 is 5.97 Å². The summed E-state index contributed by atoms with van der Waals surface area (Å²) in [6.45, 7) is 1.47. The summed E-state index contributed by atoms with van der Waals surface area (Å²) in [7, 11) is 0. The van der Waals surface area contributed by atoms with E-state index in [9.17, 15) is 4.79 Å². The van der Waals surface area contributed by atoms with Gasteiger partial charge in [0.1, 0.15) is 5.75 Å². The van der Waals surface area contributed by atoms with Crippen LogP contribution in [0.25, 0.3) is 28.2 Å². The van der Waals surface area contributed by atoms with E-state index in [1.165, 1.54) is 18.1 Å². The summed E-state index contributed by atoms with van der Waals surface area (Å²) in [6.07, 6.45) is 4.17. The number of carbonyl (C=O) groups is 1. The number of hydrogen-bond donors (Lipinski definition) is 0. The molecule has 4 nitrogen and oxygen atoms in total. The van der Waals surface area contributed by atoms with Crippen LogP contribution < -0.4 is 4.74 Å². The fourth-order valence-corrected chi connectivity index (χ4v) is 6.75. The molecule has 0 saturated carbocycles. The number of fused-ring (bicyclic) bond motifs is 1. The third-order valence-corrected chi connectivity index (χ3v) is 8.48. The number of aromatic nitrogens is 2. The Balaban J connectivity index is 1.29. The maximum absolute atomic E-state index is 11.5. The first-order chi connectivity index (χ1) is 19.7. The normalized spacial score (nSPS) is 14.5. The van der Waals surface area contributed by atoms with Gasteiger partial charge in [-0.1, -0.05) is 103 Å². The second kappa shape index (κ2) is 12.0. The average Bonchev–Trinajstić information content (AvgIpc) is 3.38. The van der Waals surface area contributed by atoms with Gasteiger partial charge in [0.2, 0.25) is 0 Å². The first kappa shape index (κ1) is 26.1. The van der Waals surface area contributed by atoms with Crippen LogP contribution >= 0.6 is 11.8 Å². The first-order valence-corrected chi connectivity index (χ1v) is 14.9. The van der Waals surface area contributed by atoms with Crippen molar-refractivity contribution in [1.29, 1.82) is 0 Å². The number of benzene rings is 4. The monoisotopic (exact) mass is 544 g/mol. The summed E-state index contributed by atoms with van der Waals surface area (Å²) in [6, 6.07) is 37.7. The Kier molecular flexibility index (Phi) is 7.83. The van der Waals surface area contributed by atoms with Gasteiger partial charge in [-0.2, -0.15) is 0 Å². The van der Waals surface area contributed by atoms with Gasteiger partial charge in [0.05, 0.1) is 11.4 Å². The SMILES string of the molecule is CC(=O)Oc1cccc2c1CCC(CCSc1nc(-c3ccccc3)c(-c3ccccc3)n1-c1ccccc1)C2. The number of carbonyl (C=O) groups excluding carboxylic acids is 1. The zero-order chi connectivity index (χ0) is 27.3. The topological polar surface area (TPSA) is 44.1 Å². The summed E-state index contributed by atoms with van der Waals surface area (Å²) in [4.78, 5) is 16.8. The smallest absolute Gasteiger partial charge is 0.308 e. The highest BCUT2D eigenvalue weighted by Crippen LogP contribution is 2.39. The second-order valence-corrected chi connectivity index (χ2v) is 11.3. The van der Waals surface area contributed by atoms with Crippen molar-refractivity contribution in [2.24, 2.45) is 5.92 Å². The van der Waals surface area contributed by atoms with Crippen LogP contribution in [-0.2, 0) is 17.6 Å². The molecule has 6 rings (SSSR count). The quantitative estimate of drug-likeness (QED) is 0.112. The van der Waals surface area contributed by atoms with E-state index in [0.717, 1.165) is 70.5 Å². The standard InChI is InChI=1S/C35H32N2O2S/c1-25(38)39-32-19-11-16-29-24-26(20-21-31(29)32)22-23-40-35-36-33(27-12-5-2-6-13-27)34(28-14-7-3-8-15-28)37(35)30-17-9-4-10-18-30/h2-19,26H,20-24H2,1H3. The number of hydrogen-bond acceptors (Lipinski definition) is 4. The van der Waals surface area contributed by atoms with Crippen molar-refractivity contribution >= 4 is 17.7 Å². The molecule has 5 heteroatoms. The minimum atomic E-state index is -0.259. The van der Waals surface area contributed by atoms with Crippen molar-refractivity contribution in [3.8, 4) is 34.0 Å². The van der Waals surface area contributed by atoms with Gasteiger partial charge in [-0.3, -0.25) is 9.36 Å². The fourth-order valence-electron chi connectivity index (χ4n) is 5.63. The largest absolute Gasteiger partial charge is 0.426 e. The van der Waals surface area contributed by atoms with Gasteiger partial charge in [-0.05, 0) is 60.9 Å². The third kappa shape index (κ3) is 5.61. The van der Waals surface area contributed by atoms with Crippen LogP contribution in [-0.4, -0.2) is 21.3 Å². The molecule has 40 heavy (non-hydrogen) atoms. The Hall–Kier alpha value is -4.09. The molecular formula is C35H32N2O2S. The van der Waals surface area contributed by atoms with Crippen LogP contribution in [0.15, 0.2) is 114 Å². The van der Waals surface area contributed by atoms with Gasteiger partial charge in [-0.25, -0.2) is 4.98 Å². The maximum atomic E-state index is 11.5. The lowest BCUT2D eigenvalue weighted by atomic mass is 9.82. The Morgan fingerprint density at radius 3 is 2.25 bits per heavy atom. The van der Waals surface area contributed by atoms with Crippen LogP contribution in [0.3, 0.4) is 0 Å². The molecule has 200 valence electrons. The molecule has 1 aliphatic rings. The summed E-state index contributed by atoms with van der Waals surface area (Å²) < 4.78 is 7.80. The number of rotatable bonds is 8. The average molecular weight is 545 g/mol.